The fourth-order valence-corrected chi connectivity index (χ4v) is 1.85. The maximum Gasteiger partial charge on any atom is 0.218 e. The van der Waals surface area contributed by atoms with Gasteiger partial charge in [0.05, 0.1) is 12.2 Å². The van der Waals surface area contributed by atoms with E-state index in [4.69, 9.17) is 22.1 Å². The molecular formula is C8H12ClN3O. The van der Waals surface area contributed by atoms with Crippen LogP contribution in [-0.2, 0) is 6.54 Å². The molecule has 0 bridgehead atoms. The molecule has 1 aromatic heterocycles. The molecule has 1 aliphatic rings. The van der Waals surface area contributed by atoms with Crippen molar-refractivity contribution in [1.82, 2.24) is 9.78 Å². The lowest BCUT2D eigenvalue weighted by Gasteiger charge is -2.16. The van der Waals surface area contributed by atoms with Crippen LogP contribution in [0.5, 0.6) is 5.88 Å². The molecule has 2 N–H and O–H groups in total. The molecule has 2 heterocycles. The summed E-state index contributed by atoms with van der Waals surface area (Å²) < 4.78 is 7.26. The van der Waals surface area contributed by atoms with Crippen molar-refractivity contribution >= 4 is 11.6 Å². The van der Waals surface area contributed by atoms with Crippen LogP contribution in [0.1, 0.15) is 24.9 Å². The highest BCUT2D eigenvalue weighted by Crippen LogP contribution is 2.32. The van der Waals surface area contributed by atoms with E-state index < -0.39 is 0 Å². The molecule has 13 heavy (non-hydrogen) atoms. The first-order valence-corrected chi connectivity index (χ1v) is 4.72. The first-order valence-electron chi connectivity index (χ1n) is 4.34. The number of nitrogens with two attached hydrogens (primary N) is 1. The van der Waals surface area contributed by atoms with Crippen molar-refractivity contribution in [2.45, 2.75) is 25.9 Å². The quantitative estimate of drug-likeness (QED) is 0.746. The Balaban J connectivity index is 2.48. The van der Waals surface area contributed by atoms with Crippen molar-refractivity contribution in [1.29, 1.82) is 0 Å². The molecular weight excluding hydrogens is 190 g/mol. The van der Waals surface area contributed by atoms with Crippen LogP contribution in [0.25, 0.3) is 0 Å². The number of hydrogen-bond acceptors (Lipinski definition) is 3. The number of aromatic nitrogens is 2. The highest BCUT2D eigenvalue weighted by molar-refractivity contribution is 6.30. The molecule has 0 saturated carbocycles. The summed E-state index contributed by atoms with van der Waals surface area (Å²) in [7, 11) is 0. The number of ether oxygens (including phenoxy) is 1. The summed E-state index contributed by atoms with van der Waals surface area (Å²) in [6.07, 6.45) is 0.976. The Morgan fingerprint density at radius 1 is 1.69 bits per heavy atom. The minimum absolute atomic E-state index is 0.130. The van der Waals surface area contributed by atoms with Crippen LogP contribution < -0.4 is 10.5 Å². The van der Waals surface area contributed by atoms with Gasteiger partial charge in [0.15, 0.2) is 5.15 Å². The van der Waals surface area contributed by atoms with Gasteiger partial charge in [-0.3, -0.25) is 0 Å². The lowest BCUT2D eigenvalue weighted by molar-refractivity contribution is 0.227. The number of nitrogens with zero attached hydrogens (tertiary/aromatic N) is 2. The molecule has 72 valence electrons. The second-order valence-corrected chi connectivity index (χ2v) is 3.58. The molecule has 0 radical (unpaired) electrons. The maximum atomic E-state index is 5.94. The van der Waals surface area contributed by atoms with E-state index in [0.29, 0.717) is 5.15 Å². The van der Waals surface area contributed by atoms with Crippen molar-refractivity contribution in [3.8, 4) is 5.88 Å². The van der Waals surface area contributed by atoms with Gasteiger partial charge in [-0.15, -0.1) is 0 Å². The van der Waals surface area contributed by atoms with Gasteiger partial charge in [0, 0.05) is 19.0 Å². The molecule has 0 aliphatic carbocycles. The number of fused-ring (bicyclic) bond motifs is 1. The highest BCUT2D eigenvalue weighted by Gasteiger charge is 2.22. The van der Waals surface area contributed by atoms with Crippen LogP contribution >= 0.6 is 11.6 Å². The zero-order valence-electron chi connectivity index (χ0n) is 7.46. The first-order chi connectivity index (χ1) is 6.20. The van der Waals surface area contributed by atoms with Gasteiger partial charge >= 0.3 is 0 Å². The Morgan fingerprint density at radius 2 is 2.46 bits per heavy atom. The van der Waals surface area contributed by atoms with Crippen LogP contribution in [0, 0.1) is 0 Å². The second kappa shape index (κ2) is 3.20. The number of aryl methyl sites for hydroxylation is 1. The molecule has 0 aromatic carbocycles. The molecule has 1 unspecified atom stereocenters. The lowest BCUT2D eigenvalue weighted by Crippen LogP contribution is -2.16. The van der Waals surface area contributed by atoms with Gasteiger partial charge in [-0.25, -0.2) is 4.68 Å². The van der Waals surface area contributed by atoms with Gasteiger partial charge in [0.2, 0.25) is 5.88 Å². The Hall–Kier alpha value is -0.740. The predicted molar refractivity (Wildman–Crippen MR) is 50.0 cm³/mol. The normalized spacial score (nSPS) is 17.8. The van der Waals surface area contributed by atoms with Crippen molar-refractivity contribution in [2.24, 2.45) is 5.73 Å². The topological polar surface area (TPSA) is 53.1 Å². The summed E-state index contributed by atoms with van der Waals surface area (Å²) in [5, 5.41) is 4.61. The molecule has 1 aromatic rings. The molecule has 5 heteroatoms. The summed E-state index contributed by atoms with van der Waals surface area (Å²) in [5.74, 6) is 0.742. The second-order valence-electron chi connectivity index (χ2n) is 3.22. The van der Waals surface area contributed by atoms with E-state index in [2.05, 4.69) is 5.10 Å². The number of hydrogen-bond donors (Lipinski definition) is 1. The van der Waals surface area contributed by atoms with Gasteiger partial charge < -0.3 is 10.5 Å². The van der Waals surface area contributed by atoms with E-state index >= 15 is 0 Å². The molecule has 1 atom stereocenters. The molecule has 0 amide bonds. The van der Waals surface area contributed by atoms with Crippen LogP contribution in [0.2, 0.25) is 5.15 Å². The fourth-order valence-electron chi connectivity index (χ4n) is 1.50. The van der Waals surface area contributed by atoms with E-state index in [1.165, 1.54) is 0 Å². The minimum atomic E-state index is -0.130. The molecule has 0 fully saturated rings. The SMILES string of the molecule is CC(N)c1c(Cl)nn2c1OCCC2. The summed E-state index contributed by atoms with van der Waals surface area (Å²) in [5.41, 5.74) is 6.59. The Labute approximate surface area is 81.6 Å². The Bertz CT molecular complexity index is 321. The minimum Gasteiger partial charge on any atom is -0.477 e. The molecule has 2 rings (SSSR count). The summed E-state index contributed by atoms with van der Waals surface area (Å²) in [4.78, 5) is 0. The zero-order valence-corrected chi connectivity index (χ0v) is 8.21. The molecule has 0 spiro atoms. The average molecular weight is 202 g/mol. The summed E-state index contributed by atoms with van der Waals surface area (Å²) in [6, 6.07) is -0.130. The van der Waals surface area contributed by atoms with Crippen LogP contribution in [-0.4, -0.2) is 16.4 Å². The standard InChI is InChI=1S/C8H12ClN3O/c1-5(10)6-7(9)11-12-3-2-4-13-8(6)12/h5H,2-4,10H2,1H3. The van der Waals surface area contributed by atoms with Crippen LogP contribution in [0.4, 0.5) is 0 Å². The average Bonchev–Trinajstić information content (AvgIpc) is 2.39. The van der Waals surface area contributed by atoms with Crippen molar-refractivity contribution in [3.63, 3.8) is 0 Å². The van der Waals surface area contributed by atoms with E-state index in [1.807, 2.05) is 6.92 Å². The molecule has 1 aliphatic heterocycles. The third kappa shape index (κ3) is 1.40. The summed E-state index contributed by atoms with van der Waals surface area (Å²) in [6.45, 7) is 3.46. The third-order valence-corrected chi connectivity index (χ3v) is 2.38. The molecule has 0 saturated heterocycles. The monoisotopic (exact) mass is 201 g/mol. The lowest BCUT2D eigenvalue weighted by atomic mass is 10.2. The maximum absolute atomic E-state index is 5.94. The van der Waals surface area contributed by atoms with Gasteiger partial charge in [0.25, 0.3) is 0 Å². The van der Waals surface area contributed by atoms with E-state index in [9.17, 15) is 0 Å². The molecule has 4 nitrogen and oxygen atoms in total. The summed E-state index contributed by atoms with van der Waals surface area (Å²) >= 11 is 5.94. The number of halogens is 1. The van der Waals surface area contributed by atoms with Gasteiger partial charge in [-0.05, 0) is 6.92 Å². The van der Waals surface area contributed by atoms with Crippen molar-refractivity contribution < 1.29 is 4.74 Å². The Kier molecular flexibility index (Phi) is 2.17. The van der Waals surface area contributed by atoms with E-state index in [-0.39, 0.29) is 6.04 Å². The highest BCUT2D eigenvalue weighted by atomic mass is 35.5. The predicted octanol–water partition coefficient (Wildman–Crippen LogP) is 1.34. The van der Waals surface area contributed by atoms with Gasteiger partial charge in [-0.2, -0.15) is 5.10 Å². The smallest absolute Gasteiger partial charge is 0.218 e. The van der Waals surface area contributed by atoms with Gasteiger partial charge in [-0.1, -0.05) is 11.6 Å². The van der Waals surface area contributed by atoms with E-state index in [0.717, 1.165) is 31.0 Å². The Morgan fingerprint density at radius 3 is 3.15 bits per heavy atom. The van der Waals surface area contributed by atoms with Crippen molar-refractivity contribution in [2.75, 3.05) is 6.61 Å². The fraction of sp³-hybridized carbons (Fsp3) is 0.625. The zero-order chi connectivity index (χ0) is 9.42. The largest absolute Gasteiger partial charge is 0.477 e. The van der Waals surface area contributed by atoms with Crippen LogP contribution in [0.15, 0.2) is 0 Å². The van der Waals surface area contributed by atoms with Gasteiger partial charge in [0.1, 0.15) is 0 Å². The van der Waals surface area contributed by atoms with Crippen LogP contribution in [0.3, 0.4) is 0 Å². The van der Waals surface area contributed by atoms with Crippen molar-refractivity contribution in [3.05, 3.63) is 10.7 Å². The number of rotatable bonds is 1. The third-order valence-electron chi connectivity index (χ3n) is 2.10. The first kappa shape index (κ1) is 8.84. The van der Waals surface area contributed by atoms with E-state index in [1.54, 1.807) is 4.68 Å².